The summed E-state index contributed by atoms with van der Waals surface area (Å²) >= 11 is 3.30. The van der Waals surface area contributed by atoms with Crippen LogP contribution in [0.4, 0.5) is 0 Å². The average molecular weight is 342 g/mol. The lowest BCUT2D eigenvalue weighted by molar-refractivity contribution is -0.118. The van der Waals surface area contributed by atoms with Crippen molar-refractivity contribution in [3.63, 3.8) is 0 Å². The van der Waals surface area contributed by atoms with Gasteiger partial charge in [0.1, 0.15) is 0 Å². The SMILES string of the molecule is Cc1nc(CSCC(=O)NCCN2C[C@@H](C)C[C@H](C)C2)cs1. The van der Waals surface area contributed by atoms with Crippen LogP contribution >= 0.6 is 23.1 Å². The predicted octanol–water partition coefficient (Wildman–Crippen LogP) is 2.78. The zero-order valence-corrected chi connectivity index (χ0v) is 15.4. The van der Waals surface area contributed by atoms with Crippen molar-refractivity contribution < 1.29 is 4.79 Å². The second-order valence-electron chi connectivity index (χ2n) is 6.41. The average Bonchev–Trinajstić information content (AvgIpc) is 2.83. The van der Waals surface area contributed by atoms with Crippen LogP contribution in [0.2, 0.25) is 0 Å². The highest BCUT2D eigenvalue weighted by Crippen LogP contribution is 2.20. The molecule has 0 aromatic carbocycles. The number of rotatable bonds is 7. The Bertz CT molecular complexity index is 468. The molecule has 6 heteroatoms. The number of aromatic nitrogens is 1. The summed E-state index contributed by atoms with van der Waals surface area (Å²) < 4.78 is 0. The number of piperidine rings is 1. The fraction of sp³-hybridized carbons (Fsp3) is 0.750. The lowest BCUT2D eigenvalue weighted by atomic mass is 9.92. The lowest BCUT2D eigenvalue weighted by Crippen LogP contribution is -2.43. The number of thioether (sulfide) groups is 1. The maximum absolute atomic E-state index is 11.8. The van der Waals surface area contributed by atoms with Gasteiger partial charge in [-0.05, 0) is 25.2 Å². The minimum absolute atomic E-state index is 0.134. The van der Waals surface area contributed by atoms with E-state index in [-0.39, 0.29) is 5.91 Å². The van der Waals surface area contributed by atoms with Crippen LogP contribution in [-0.2, 0) is 10.5 Å². The van der Waals surface area contributed by atoms with Crippen LogP contribution < -0.4 is 5.32 Å². The van der Waals surface area contributed by atoms with Gasteiger partial charge < -0.3 is 10.2 Å². The first kappa shape index (κ1) is 17.8. The largest absolute Gasteiger partial charge is 0.354 e. The summed E-state index contributed by atoms with van der Waals surface area (Å²) in [5, 5.41) is 6.19. The fourth-order valence-corrected chi connectivity index (χ4v) is 4.57. The lowest BCUT2D eigenvalue weighted by Gasteiger charge is -2.34. The van der Waals surface area contributed by atoms with E-state index in [1.54, 1.807) is 23.1 Å². The van der Waals surface area contributed by atoms with E-state index in [4.69, 9.17) is 0 Å². The number of likely N-dealkylation sites (tertiary alicyclic amines) is 1. The van der Waals surface area contributed by atoms with E-state index in [0.29, 0.717) is 5.75 Å². The molecule has 2 atom stereocenters. The third-order valence-corrected chi connectivity index (χ3v) is 5.63. The quantitative estimate of drug-likeness (QED) is 0.828. The third kappa shape index (κ3) is 6.26. The molecule has 4 nitrogen and oxygen atoms in total. The van der Waals surface area contributed by atoms with Crippen molar-refractivity contribution in [2.75, 3.05) is 31.9 Å². The van der Waals surface area contributed by atoms with Crippen LogP contribution in [0.3, 0.4) is 0 Å². The van der Waals surface area contributed by atoms with Gasteiger partial charge in [-0.3, -0.25) is 4.79 Å². The molecule has 0 unspecified atom stereocenters. The smallest absolute Gasteiger partial charge is 0.230 e. The summed E-state index contributed by atoms with van der Waals surface area (Å²) in [6.07, 6.45) is 1.33. The summed E-state index contributed by atoms with van der Waals surface area (Å²) in [6, 6.07) is 0. The van der Waals surface area contributed by atoms with E-state index < -0.39 is 0 Å². The molecule has 1 amide bonds. The van der Waals surface area contributed by atoms with E-state index in [1.165, 1.54) is 6.42 Å². The Balaban J connectivity index is 1.55. The predicted molar refractivity (Wildman–Crippen MR) is 95.4 cm³/mol. The summed E-state index contributed by atoms with van der Waals surface area (Å²) in [6.45, 7) is 10.7. The number of aryl methyl sites for hydroxylation is 1. The number of carbonyl (C=O) groups excluding carboxylic acids is 1. The van der Waals surface area contributed by atoms with Gasteiger partial charge in [-0.15, -0.1) is 23.1 Å². The standard InChI is InChI=1S/C16H27N3OS2/c1-12-6-13(2)8-19(7-12)5-4-17-16(20)11-21-9-15-10-22-14(3)18-15/h10,12-13H,4-9,11H2,1-3H3,(H,17,20)/t12-,13-/m0/s1. The van der Waals surface area contributed by atoms with Gasteiger partial charge in [0.2, 0.25) is 5.91 Å². The molecular formula is C16H27N3OS2. The Morgan fingerprint density at radius 3 is 2.82 bits per heavy atom. The van der Waals surface area contributed by atoms with Crippen LogP contribution in [-0.4, -0.2) is 47.7 Å². The summed E-state index contributed by atoms with van der Waals surface area (Å²) in [5.74, 6) is 3.02. The molecule has 1 aromatic rings. The number of amides is 1. The Morgan fingerprint density at radius 1 is 1.45 bits per heavy atom. The van der Waals surface area contributed by atoms with Gasteiger partial charge in [0.15, 0.2) is 0 Å². The Labute approximate surface area is 142 Å². The van der Waals surface area contributed by atoms with Gasteiger partial charge in [0.05, 0.1) is 16.5 Å². The van der Waals surface area contributed by atoms with Crippen molar-refractivity contribution in [3.8, 4) is 0 Å². The first-order valence-corrected chi connectivity index (χ1v) is 10.0. The summed E-state index contributed by atoms with van der Waals surface area (Å²) in [5.41, 5.74) is 1.08. The van der Waals surface area contributed by atoms with Crippen molar-refractivity contribution >= 4 is 29.0 Å². The molecule has 124 valence electrons. The Morgan fingerprint density at radius 2 is 2.18 bits per heavy atom. The van der Waals surface area contributed by atoms with E-state index >= 15 is 0 Å². The van der Waals surface area contributed by atoms with Crippen molar-refractivity contribution in [2.24, 2.45) is 11.8 Å². The number of thiazole rings is 1. The third-order valence-electron chi connectivity index (χ3n) is 3.84. The number of hydrogen-bond donors (Lipinski definition) is 1. The molecule has 2 rings (SSSR count). The second-order valence-corrected chi connectivity index (χ2v) is 8.45. The highest BCUT2D eigenvalue weighted by atomic mass is 32.2. The second kappa shape index (κ2) is 8.89. The zero-order valence-electron chi connectivity index (χ0n) is 13.8. The Kier molecular flexibility index (Phi) is 7.18. The van der Waals surface area contributed by atoms with Crippen LogP contribution in [0.1, 0.15) is 31.0 Å². The molecule has 1 aliphatic heterocycles. The maximum atomic E-state index is 11.8. The zero-order chi connectivity index (χ0) is 15.9. The van der Waals surface area contributed by atoms with Crippen molar-refractivity contribution in [1.82, 2.24) is 15.2 Å². The maximum Gasteiger partial charge on any atom is 0.230 e. The molecular weight excluding hydrogens is 314 g/mol. The van der Waals surface area contributed by atoms with Gasteiger partial charge in [0, 0.05) is 37.3 Å². The number of nitrogens with one attached hydrogen (secondary N) is 1. The number of hydrogen-bond acceptors (Lipinski definition) is 5. The van der Waals surface area contributed by atoms with Gasteiger partial charge >= 0.3 is 0 Å². The van der Waals surface area contributed by atoms with Crippen molar-refractivity contribution in [2.45, 2.75) is 32.9 Å². The molecule has 22 heavy (non-hydrogen) atoms. The van der Waals surface area contributed by atoms with Crippen molar-refractivity contribution in [1.29, 1.82) is 0 Å². The molecule has 0 spiro atoms. The van der Waals surface area contributed by atoms with Crippen LogP contribution in [0.5, 0.6) is 0 Å². The van der Waals surface area contributed by atoms with Gasteiger partial charge in [-0.1, -0.05) is 13.8 Å². The highest BCUT2D eigenvalue weighted by Gasteiger charge is 2.21. The van der Waals surface area contributed by atoms with E-state index in [0.717, 1.165) is 54.5 Å². The minimum Gasteiger partial charge on any atom is -0.354 e. The minimum atomic E-state index is 0.134. The van der Waals surface area contributed by atoms with Crippen molar-refractivity contribution in [3.05, 3.63) is 16.1 Å². The molecule has 1 fully saturated rings. The van der Waals surface area contributed by atoms with E-state index in [2.05, 4.69) is 34.4 Å². The molecule has 0 saturated carbocycles. The van der Waals surface area contributed by atoms with Gasteiger partial charge in [-0.2, -0.15) is 0 Å². The molecule has 1 N–H and O–H groups in total. The molecule has 0 bridgehead atoms. The van der Waals surface area contributed by atoms with Crippen LogP contribution in [0, 0.1) is 18.8 Å². The first-order chi connectivity index (χ1) is 10.5. The molecule has 0 radical (unpaired) electrons. The summed E-state index contributed by atoms with van der Waals surface area (Å²) in [7, 11) is 0. The Hall–Kier alpha value is -0.590. The van der Waals surface area contributed by atoms with E-state index in [1.807, 2.05) is 6.92 Å². The summed E-state index contributed by atoms with van der Waals surface area (Å²) in [4.78, 5) is 18.7. The number of carbonyl (C=O) groups is 1. The first-order valence-electron chi connectivity index (χ1n) is 8.00. The molecule has 1 aliphatic rings. The molecule has 1 saturated heterocycles. The van der Waals surface area contributed by atoms with E-state index in [9.17, 15) is 4.79 Å². The van der Waals surface area contributed by atoms with Gasteiger partial charge in [-0.25, -0.2) is 4.98 Å². The van der Waals surface area contributed by atoms with Crippen LogP contribution in [0.25, 0.3) is 0 Å². The monoisotopic (exact) mass is 341 g/mol. The molecule has 0 aliphatic carbocycles. The normalized spacial score (nSPS) is 22.7. The van der Waals surface area contributed by atoms with Gasteiger partial charge in [0.25, 0.3) is 0 Å². The molecule has 2 heterocycles. The molecule has 1 aromatic heterocycles. The highest BCUT2D eigenvalue weighted by molar-refractivity contribution is 7.99. The fourth-order valence-electron chi connectivity index (χ4n) is 3.10. The van der Waals surface area contributed by atoms with Crippen LogP contribution in [0.15, 0.2) is 5.38 Å². The number of nitrogens with zero attached hydrogens (tertiary/aromatic N) is 2. The topological polar surface area (TPSA) is 45.2 Å².